The normalized spacial score (nSPS) is 21.5. The topological polar surface area (TPSA) is 48.9 Å². The summed E-state index contributed by atoms with van der Waals surface area (Å²) in [5, 5.41) is 6.67. The van der Waals surface area contributed by atoms with Gasteiger partial charge >= 0.3 is 0 Å². The van der Waals surface area contributed by atoms with Crippen LogP contribution >= 0.6 is 24.0 Å². The fraction of sp³-hybridized carbons (Fsp3) is 0.933. The quantitative estimate of drug-likeness (QED) is 0.290. The number of ether oxygens (including phenoxy) is 1. The van der Waals surface area contributed by atoms with Gasteiger partial charge in [0.2, 0.25) is 0 Å². The Morgan fingerprint density at radius 2 is 2.19 bits per heavy atom. The van der Waals surface area contributed by atoms with Crippen LogP contribution in [0, 0.1) is 5.92 Å². The second-order valence-corrected chi connectivity index (χ2v) is 5.67. The number of hydrogen-bond donors (Lipinski definition) is 2. The maximum atomic E-state index is 5.31. The lowest BCUT2D eigenvalue weighted by Crippen LogP contribution is -2.48. The Balaban J connectivity index is 0.00000400. The summed E-state index contributed by atoms with van der Waals surface area (Å²) in [5.41, 5.74) is 0. The molecule has 1 heterocycles. The molecule has 2 atom stereocenters. The van der Waals surface area contributed by atoms with Gasteiger partial charge in [-0.05, 0) is 39.2 Å². The van der Waals surface area contributed by atoms with Gasteiger partial charge in [-0.3, -0.25) is 9.89 Å². The third kappa shape index (κ3) is 8.83. The van der Waals surface area contributed by atoms with Crippen molar-refractivity contribution in [2.24, 2.45) is 10.9 Å². The van der Waals surface area contributed by atoms with Crippen LogP contribution in [0.5, 0.6) is 0 Å². The van der Waals surface area contributed by atoms with Gasteiger partial charge in [0.25, 0.3) is 0 Å². The van der Waals surface area contributed by atoms with E-state index in [1.165, 1.54) is 25.9 Å². The van der Waals surface area contributed by atoms with Gasteiger partial charge in [0.05, 0.1) is 6.61 Å². The van der Waals surface area contributed by atoms with Crippen molar-refractivity contribution in [3.8, 4) is 0 Å². The number of hydrogen-bond acceptors (Lipinski definition) is 3. The molecule has 126 valence electrons. The average Bonchev–Trinajstić information content (AvgIpc) is 2.46. The molecule has 0 bridgehead atoms. The van der Waals surface area contributed by atoms with E-state index in [1.54, 1.807) is 0 Å². The van der Waals surface area contributed by atoms with E-state index in [1.807, 2.05) is 14.0 Å². The minimum absolute atomic E-state index is 0. The predicted octanol–water partition coefficient (Wildman–Crippen LogP) is 1.93. The van der Waals surface area contributed by atoms with Crippen LogP contribution in [0.25, 0.3) is 0 Å². The SMILES string of the molecule is CCOCCNC(=NC)NCC(C)N1CCCC(C)C1.I. The summed E-state index contributed by atoms with van der Waals surface area (Å²) in [6.07, 6.45) is 2.70. The standard InChI is InChI=1S/C15H32N4O.HI/c1-5-20-10-8-17-15(16-4)18-11-14(3)19-9-6-7-13(2)12-19;/h13-14H,5-12H2,1-4H3,(H2,16,17,18);1H. The molecule has 1 aliphatic heterocycles. The lowest BCUT2D eigenvalue weighted by atomic mass is 9.99. The van der Waals surface area contributed by atoms with Crippen LogP contribution in [0.3, 0.4) is 0 Å². The fourth-order valence-electron chi connectivity index (χ4n) is 2.61. The van der Waals surface area contributed by atoms with E-state index < -0.39 is 0 Å². The van der Waals surface area contributed by atoms with Crippen LogP contribution in [0.1, 0.15) is 33.6 Å². The van der Waals surface area contributed by atoms with Gasteiger partial charge in [-0.2, -0.15) is 0 Å². The molecular formula is C15H33IN4O. The van der Waals surface area contributed by atoms with E-state index in [9.17, 15) is 0 Å². The monoisotopic (exact) mass is 412 g/mol. The van der Waals surface area contributed by atoms with Gasteiger partial charge in [0, 0.05) is 39.3 Å². The molecule has 0 aromatic heterocycles. The second kappa shape index (κ2) is 12.5. The van der Waals surface area contributed by atoms with Crippen LogP contribution in [-0.2, 0) is 4.74 Å². The number of piperidine rings is 1. The Hall–Kier alpha value is -0.0800. The zero-order chi connectivity index (χ0) is 14.8. The van der Waals surface area contributed by atoms with Gasteiger partial charge in [0.1, 0.15) is 0 Å². The summed E-state index contributed by atoms with van der Waals surface area (Å²) in [7, 11) is 1.81. The summed E-state index contributed by atoms with van der Waals surface area (Å²) in [5.74, 6) is 1.69. The number of halogens is 1. The molecule has 6 heteroatoms. The zero-order valence-electron chi connectivity index (χ0n) is 14.0. The molecule has 21 heavy (non-hydrogen) atoms. The first-order valence-corrected chi connectivity index (χ1v) is 7.93. The van der Waals surface area contributed by atoms with Crippen LogP contribution in [0.2, 0.25) is 0 Å². The second-order valence-electron chi connectivity index (χ2n) is 5.67. The van der Waals surface area contributed by atoms with E-state index in [0.29, 0.717) is 6.04 Å². The van der Waals surface area contributed by atoms with E-state index in [4.69, 9.17) is 4.74 Å². The Kier molecular flexibility index (Phi) is 12.4. The van der Waals surface area contributed by atoms with Crippen molar-refractivity contribution in [1.82, 2.24) is 15.5 Å². The highest BCUT2D eigenvalue weighted by molar-refractivity contribution is 14.0. The summed E-state index contributed by atoms with van der Waals surface area (Å²) >= 11 is 0. The minimum Gasteiger partial charge on any atom is -0.380 e. The van der Waals surface area contributed by atoms with Crippen molar-refractivity contribution in [2.45, 2.75) is 39.7 Å². The number of guanidine groups is 1. The van der Waals surface area contributed by atoms with Crippen LogP contribution < -0.4 is 10.6 Å². The van der Waals surface area contributed by atoms with Crippen molar-refractivity contribution in [1.29, 1.82) is 0 Å². The van der Waals surface area contributed by atoms with E-state index >= 15 is 0 Å². The average molecular weight is 412 g/mol. The number of likely N-dealkylation sites (tertiary alicyclic amines) is 1. The van der Waals surface area contributed by atoms with Gasteiger partial charge in [-0.25, -0.2) is 0 Å². The van der Waals surface area contributed by atoms with Crippen molar-refractivity contribution >= 4 is 29.9 Å². The molecular weight excluding hydrogens is 379 g/mol. The van der Waals surface area contributed by atoms with E-state index in [2.05, 4.69) is 34.4 Å². The molecule has 5 nitrogen and oxygen atoms in total. The highest BCUT2D eigenvalue weighted by Gasteiger charge is 2.20. The number of rotatable bonds is 7. The third-order valence-electron chi connectivity index (χ3n) is 3.84. The number of nitrogens with zero attached hydrogens (tertiary/aromatic N) is 2. The molecule has 2 N–H and O–H groups in total. The van der Waals surface area contributed by atoms with Gasteiger partial charge in [-0.15, -0.1) is 24.0 Å². The highest BCUT2D eigenvalue weighted by Crippen LogP contribution is 2.17. The minimum atomic E-state index is 0. The van der Waals surface area contributed by atoms with Gasteiger partial charge in [-0.1, -0.05) is 6.92 Å². The van der Waals surface area contributed by atoms with Crippen molar-refractivity contribution in [3.05, 3.63) is 0 Å². The molecule has 2 unspecified atom stereocenters. The number of aliphatic imine (C=N–C) groups is 1. The Morgan fingerprint density at radius 3 is 2.81 bits per heavy atom. The van der Waals surface area contributed by atoms with Crippen LogP contribution in [0.15, 0.2) is 4.99 Å². The summed E-state index contributed by atoms with van der Waals surface area (Å²) < 4.78 is 5.31. The first kappa shape index (κ1) is 20.9. The summed E-state index contributed by atoms with van der Waals surface area (Å²) in [6, 6.07) is 0.545. The lowest BCUT2D eigenvalue weighted by Gasteiger charge is -2.35. The Labute approximate surface area is 147 Å². The molecule has 1 aliphatic rings. The first-order chi connectivity index (χ1) is 9.67. The Morgan fingerprint density at radius 1 is 1.43 bits per heavy atom. The predicted molar refractivity (Wildman–Crippen MR) is 101 cm³/mol. The van der Waals surface area contributed by atoms with E-state index in [-0.39, 0.29) is 24.0 Å². The van der Waals surface area contributed by atoms with Gasteiger partial charge < -0.3 is 15.4 Å². The maximum Gasteiger partial charge on any atom is 0.191 e. The van der Waals surface area contributed by atoms with Crippen molar-refractivity contribution in [3.63, 3.8) is 0 Å². The molecule has 0 aromatic rings. The summed E-state index contributed by atoms with van der Waals surface area (Å²) in [6.45, 7) is 12.3. The maximum absolute atomic E-state index is 5.31. The molecule has 1 fully saturated rings. The molecule has 0 saturated carbocycles. The molecule has 0 amide bonds. The largest absolute Gasteiger partial charge is 0.380 e. The molecule has 0 spiro atoms. The summed E-state index contributed by atoms with van der Waals surface area (Å²) in [4.78, 5) is 6.82. The Bertz CT molecular complexity index is 289. The van der Waals surface area contributed by atoms with Crippen molar-refractivity contribution in [2.75, 3.05) is 46.4 Å². The first-order valence-electron chi connectivity index (χ1n) is 7.93. The number of nitrogens with one attached hydrogen (secondary N) is 2. The molecule has 1 saturated heterocycles. The third-order valence-corrected chi connectivity index (χ3v) is 3.84. The van der Waals surface area contributed by atoms with Gasteiger partial charge in [0.15, 0.2) is 5.96 Å². The van der Waals surface area contributed by atoms with E-state index in [0.717, 1.165) is 38.2 Å². The van der Waals surface area contributed by atoms with Crippen LogP contribution in [-0.4, -0.2) is 63.3 Å². The highest BCUT2D eigenvalue weighted by atomic mass is 127. The molecule has 0 radical (unpaired) electrons. The smallest absolute Gasteiger partial charge is 0.191 e. The van der Waals surface area contributed by atoms with Crippen LogP contribution in [0.4, 0.5) is 0 Å². The molecule has 0 aliphatic carbocycles. The zero-order valence-corrected chi connectivity index (χ0v) is 16.4. The fourth-order valence-corrected chi connectivity index (χ4v) is 2.61. The molecule has 0 aromatic carbocycles. The van der Waals surface area contributed by atoms with Crippen molar-refractivity contribution < 1.29 is 4.74 Å². The lowest BCUT2D eigenvalue weighted by molar-refractivity contribution is 0.139. The molecule has 1 rings (SSSR count).